The third-order valence-corrected chi connectivity index (χ3v) is 7.04. The average molecular weight is 442 g/mol. The molecule has 1 aliphatic rings. The van der Waals surface area contributed by atoms with E-state index < -0.39 is 22.1 Å². The first-order valence-corrected chi connectivity index (χ1v) is 11.3. The van der Waals surface area contributed by atoms with Crippen LogP contribution in [-0.4, -0.2) is 41.9 Å². The van der Waals surface area contributed by atoms with Gasteiger partial charge in [0, 0.05) is 25.2 Å². The number of nitrogens with zero attached hydrogens (tertiary/aromatic N) is 3. The number of hydrogen-bond acceptors (Lipinski definition) is 5. The van der Waals surface area contributed by atoms with Crippen molar-refractivity contribution in [2.24, 2.45) is 7.05 Å². The van der Waals surface area contributed by atoms with E-state index in [1.165, 1.54) is 4.31 Å². The van der Waals surface area contributed by atoms with Crippen molar-refractivity contribution in [3.8, 4) is 17.0 Å². The van der Waals surface area contributed by atoms with Gasteiger partial charge in [0.15, 0.2) is 0 Å². The van der Waals surface area contributed by atoms with Crippen LogP contribution in [0.1, 0.15) is 18.4 Å². The lowest BCUT2D eigenvalue weighted by atomic mass is 10.1. The van der Waals surface area contributed by atoms with Crippen molar-refractivity contribution >= 4 is 21.7 Å². The summed E-state index contributed by atoms with van der Waals surface area (Å²) in [5, 5.41) is 13.2. The summed E-state index contributed by atoms with van der Waals surface area (Å²) in [7, 11) is -2.07. The van der Waals surface area contributed by atoms with E-state index in [0.29, 0.717) is 11.4 Å². The highest BCUT2D eigenvalue weighted by Gasteiger charge is 2.35. The van der Waals surface area contributed by atoms with Gasteiger partial charge >= 0.3 is 5.97 Å². The molecule has 162 valence electrons. The van der Waals surface area contributed by atoms with E-state index in [9.17, 15) is 13.2 Å². The van der Waals surface area contributed by atoms with E-state index in [2.05, 4.69) is 5.10 Å². The number of fused-ring (bicyclic) bond motifs is 1. The van der Waals surface area contributed by atoms with Gasteiger partial charge in [-0.15, -0.1) is 0 Å². The standard InChI is InChI=1S/C22H23N3O5S/c1-15-4-3-5-18(12-15)31(28,29)25-14-17(7-9-22(26)27)30-21-8-6-16(13-20(21)25)19-10-11-23-24(19)2/h3-6,8,10-13,17H,7,9,14H2,1-2H3,(H,26,27)/t17-/m0/s1. The molecular formula is C22H23N3O5S. The van der Waals surface area contributed by atoms with Gasteiger partial charge in [-0.25, -0.2) is 8.42 Å². The van der Waals surface area contributed by atoms with Crippen LogP contribution < -0.4 is 9.04 Å². The molecule has 31 heavy (non-hydrogen) atoms. The number of anilines is 1. The van der Waals surface area contributed by atoms with Crippen LogP contribution in [-0.2, 0) is 21.9 Å². The molecule has 8 nitrogen and oxygen atoms in total. The van der Waals surface area contributed by atoms with Gasteiger partial charge in [-0.3, -0.25) is 13.8 Å². The normalized spacial score (nSPS) is 15.9. The lowest BCUT2D eigenvalue weighted by Crippen LogP contribution is -2.43. The molecule has 3 aromatic rings. The number of carboxylic acids is 1. The second-order valence-electron chi connectivity index (χ2n) is 7.55. The summed E-state index contributed by atoms with van der Waals surface area (Å²) in [5.41, 5.74) is 2.90. The summed E-state index contributed by atoms with van der Waals surface area (Å²) >= 11 is 0. The summed E-state index contributed by atoms with van der Waals surface area (Å²) < 4.78 is 36.2. The molecule has 0 fully saturated rings. The van der Waals surface area contributed by atoms with Crippen LogP contribution in [0, 0.1) is 6.92 Å². The lowest BCUT2D eigenvalue weighted by Gasteiger charge is -2.35. The van der Waals surface area contributed by atoms with Gasteiger partial charge in [0.25, 0.3) is 10.0 Å². The van der Waals surface area contributed by atoms with E-state index in [-0.39, 0.29) is 24.3 Å². The van der Waals surface area contributed by atoms with Gasteiger partial charge in [-0.1, -0.05) is 12.1 Å². The number of carboxylic acid groups (broad SMARTS) is 1. The Hall–Kier alpha value is -3.33. The van der Waals surface area contributed by atoms with Crippen molar-refractivity contribution in [3.63, 3.8) is 0 Å². The van der Waals surface area contributed by atoms with Crippen LogP contribution in [0.3, 0.4) is 0 Å². The predicted octanol–water partition coefficient (Wildman–Crippen LogP) is 3.22. The molecule has 0 amide bonds. The molecule has 1 atom stereocenters. The fraction of sp³-hybridized carbons (Fsp3) is 0.273. The number of aliphatic carboxylic acids is 1. The first kappa shape index (κ1) is 20.9. The molecule has 9 heteroatoms. The van der Waals surface area contributed by atoms with Crippen LogP contribution in [0.25, 0.3) is 11.3 Å². The Labute approximate surface area is 180 Å². The Kier molecular flexibility index (Phi) is 5.45. The fourth-order valence-corrected chi connectivity index (χ4v) is 5.30. The number of aromatic nitrogens is 2. The van der Waals surface area contributed by atoms with Crippen molar-refractivity contribution in [1.29, 1.82) is 0 Å². The summed E-state index contributed by atoms with van der Waals surface area (Å²) in [6.07, 6.45) is 1.21. The van der Waals surface area contributed by atoms with Crippen LogP contribution >= 0.6 is 0 Å². The van der Waals surface area contributed by atoms with E-state index in [1.54, 1.807) is 41.2 Å². The first-order valence-electron chi connectivity index (χ1n) is 9.86. The van der Waals surface area contributed by atoms with Crippen LogP contribution in [0.15, 0.2) is 59.6 Å². The Morgan fingerprint density at radius 1 is 1.23 bits per heavy atom. The monoisotopic (exact) mass is 441 g/mol. The predicted molar refractivity (Wildman–Crippen MR) is 116 cm³/mol. The number of carbonyl (C=O) groups is 1. The number of sulfonamides is 1. The molecule has 2 heterocycles. The average Bonchev–Trinajstić information content (AvgIpc) is 3.17. The highest BCUT2D eigenvalue weighted by atomic mass is 32.2. The van der Waals surface area contributed by atoms with Crippen molar-refractivity contribution in [1.82, 2.24) is 9.78 Å². The van der Waals surface area contributed by atoms with E-state index in [4.69, 9.17) is 9.84 Å². The maximum atomic E-state index is 13.6. The Balaban J connectivity index is 1.80. The molecule has 2 aromatic carbocycles. The van der Waals surface area contributed by atoms with Gasteiger partial charge in [-0.2, -0.15) is 5.10 Å². The van der Waals surface area contributed by atoms with Crippen LogP contribution in [0.5, 0.6) is 5.75 Å². The highest BCUT2D eigenvalue weighted by molar-refractivity contribution is 7.92. The van der Waals surface area contributed by atoms with Crippen molar-refractivity contribution in [2.45, 2.75) is 30.8 Å². The largest absolute Gasteiger partial charge is 0.486 e. The van der Waals surface area contributed by atoms with Gasteiger partial charge < -0.3 is 9.84 Å². The SMILES string of the molecule is Cc1cccc(S(=O)(=O)N2C[C@H](CCC(=O)O)Oc3ccc(-c4ccnn4C)cc32)c1. The molecule has 0 radical (unpaired) electrons. The summed E-state index contributed by atoms with van der Waals surface area (Å²) in [6, 6.07) is 13.9. The molecule has 0 unspecified atom stereocenters. The van der Waals surface area contributed by atoms with Crippen molar-refractivity contribution < 1.29 is 23.1 Å². The summed E-state index contributed by atoms with van der Waals surface area (Å²) in [5.74, 6) is -0.544. The molecule has 1 aromatic heterocycles. The highest BCUT2D eigenvalue weighted by Crippen LogP contribution is 2.40. The molecule has 0 bridgehead atoms. The number of aryl methyl sites for hydroxylation is 2. The second-order valence-corrected chi connectivity index (χ2v) is 9.41. The summed E-state index contributed by atoms with van der Waals surface area (Å²) in [6.45, 7) is 1.87. The maximum absolute atomic E-state index is 13.6. The quantitative estimate of drug-likeness (QED) is 0.630. The minimum atomic E-state index is -3.88. The number of rotatable bonds is 6. The molecule has 0 spiro atoms. The Morgan fingerprint density at radius 2 is 2.03 bits per heavy atom. The van der Waals surface area contributed by atoms with E-state index in [0.717, 1.165) is 16.8 Å². The lowest BCUT2D eigenvalue weighted by molar-refractivity contribution is -0.137. The van der Waals surface area contributed by atoms with Crippen molar-refractivity contribution in [2.75, 3.05) is 10.8 Å². The van der Waals surface area contributed by atoms with Gasteiger partial charge in [0.1, 0.15) is 11.9 Å². The molecule has 1 N–H and O–H groups in total. The summed E-state index contributed by atoms with van der Waals surface area (Å²) in [4.78, 5) is 11.2. The van der Waals surface area contributed by atoms with Crippen LogP contribution in [0.2, 0.25) is 0 Å². The zero-order valence-corrected chi connectivity index (χ0v) is 18.0. The zero-order valence-electron chi connectivity index (χ0n) is 17.2. The molecule has 0 saturated heterocycles. The smallest absolute Gasteiger partial charge is 0.303 e. The minimum absolute atomic E-state index is 0.0331. The molecule has 4 rings (SSSR count). The first-order chi connectivity index (χ1) is 14.8. The molecule has 0 saturated carbocycles. The topological polar surface area (TPSA) is 102 Å². The van der Waals surface area contributed by atoms with E-state index >= 15 is 0 Å². The number of ether oxygens (including phenoxy) is 1. The van der Waals surface area contributed by atoms with Gasteiger partial charge in [-0.05, 0) is 55.3 Å². The molecule has 0 aliphatic carbocycles. The Morgan fingerprint density at radius 3 is 2.71 bits per heavy atom. The Bertz CT molecular complexity index is 1240. The van der Waals surface area contributed by atoms with Crippen molar-refractivity contribution in [3.05, 3.63) is 60.3 Å². The minimum Gasteiger partial charge on any atom is -0.486 e. The van der Waals surface area contributed by atoms with E-state index in [1.807, 2.05) is 32.2 Å². The fourth-order valence-electron chi connectivity index (χ4n) is 3.69. The number of hydrogen-bond donors (Lipinski definition) is 1. The van der Waals surface area contributed by atoms with Gasteiger partial charge in [0.05, 0.1) is 22.8 Å². The third-order valence-electron chi connectivity index (χ3n) is 5.27. The third kappa shape index (κ3) is 4.13. The maximum Gasteiger partial charge on any atom is 0.303 e. The zero-order chi connectivity index (χ0) is 22.2. The molecular weight excluding hydrogens is 418 g/mol. The molecule has 1 aliphatic heterocycles. The number of benzene rings is 2. The van der Waals surface area contributed by atoms with Crippen LogP contribution in [0.4, 0.5) is 5.69 Å². The second kappa shape index (κ2) is 8.07. The van der Waals surface area contributed by atoms with Gasteiger partial charge in [0.2, 0.25) is 0 Å².